The molecule has 0 atom stereocenters. The molecule has 0 heterocycles. The summed E-state index contributed by atoms with van der Waals surface area (Å²) < 4.78 is 11.7. The number of rotatable bonds is 5. The molecule has 0 radical (unpaired) electrons. The van der Waals surface area contributed by atoms with E-state index in [2.05, 4.69) is 22.0 Å². The van der Waals surface area contributed by atoms with Gasteiger partial charge in [0.1, 0.15) is 18.1 Å². The maximum atomic E-state index is 11.0. The Labute approximate surface area is 131 Å². The minimum atomic E-state index is 0.197. The van der Waals surface area contributed by atoms with Crippen molar-refractivity contribution in [2.75, 3.05) is 7.11 Å². The molecular formula is C16H12BrNO3. The lowest BCUT2D eigenvalue weighted by Crippen LogP contribution is -2.02. The molecular weight excluding hydrogens is 334 g/mol. The number of methoxy groups -OCH3 is 1. The highest BCUT2D eigenvalue weighted by Gasteiger charge is 2.10. The van der Waals surface area contributed by atoms with Gasteiger partial charge in [0.2, 0.25) is 0 Å². The Hall–Kier alpha value is -2.32. The highest BCUT2D eigenvalue weighted by Crippen LogP contribution is 2.30. The molecule has 2 aromatic carbocycles. The van der Waals surface area contributed by atoms with Crippen molar-refractivity contribution in [1.82, 2.24) is 0 Å². The highest BCUT2D eigenvalue weighted by molar-refractivity contribution is 9.10. The van der Waals surface area contributed by atoms with Crippen LogP contribution in [0.25, 0.3) is 0 Å². The summed E-state index contributed by atoms with van der Waals surface area (Å²) in [6, 6.07) is 12.4. The van der Waals surface area contributed by atoms with Gasteiger partial charge in [0.15, 0.2) is 6.29 Å². The van der Waals surface area contributed by atoms with Gasteiger partial charge in [-0.15, -0.1) is 0 Å². The Morgan fingerprint density at radius 3 is 2.81 bits per heavy atom. The van der Waals surface area contributed by atoms with E-state index in [9.17, 15) is 4.79 Å². The second kappa shape index (κ2) is 6.91. The Kier molecular flexibility index (Phi) is 4.96. The van der Waals surface area contributed by atoms with Crippen molar-refractivity contribution < 1.29 is 14.3 Å². The van der Waals surface area contributed by atoms with Crippen LogP contribution in [0.4, 0.5) is 0 Å². The van der Waals surface area contributed by atoms with Crippen LogP contribution in [0.1, 0.15) is 21.5 Å². The minimum absolute atomic E-state index is 0.197. The van der Waals surface area contributed by atoms with Crippen molar-refractivity contribution >= 4 is 22.2 Å². The summed E-state index contributed by atoms with van der Waals surface area (Å²) in [5.41, 5.74) is 1.72. The fourth-order valence-corrected chi connectivity index (χ4v) is 2.38. The third-order valence-corrected chi connectivity index (χ3v) is 3.53. The SMILES string of the molecule is COc1ccc(C#N)cc1COc1c(Br)cccc1C=O. The number of hydrogen-bond acceptors (Lipinski definition) is 4. The van der Waals surface area contributed by atoms with E-state index in [-0.39, 0.29) is 6.61 Å². The van der Waals surface area contributed by atoms with Crippen LogP contribution in [0.2, 0.25) is 0 Å². The maximum absolute atomic E-state index is 11.0. The van der Waals surface area contributed by atoms with Gasteiger partial charge in [-0.25, -0.2) is 0 Å². The lowest BCUT2D eigenvalue weighted by molar-refractivity contribution is 0.111. The zero-order chi connectivity index (χ0) is 15.2. The highest BCUT2D eigenvalue weighted by atomic mass is 79.9. The first kappa shape index (κ1) is 15.1. The number of benzene rings is 2. The molecule has 0 unspecified atom stereocenters. The molecule has 0 fully saturated rings. The number of para-hydroxylation sites is 1. The smallest absolute Gasteiger partial charge is 0.153 e. The summed E-state index contributed by atoms with van der Waals surface area (Å²) in [6.45, 7) is 0.197. The molecule has 106 valence electrons. The van der Waals surface area contributed by atoms with Crippen molar-refractivity contribution in [1.29, 1.82) is 5.26 Å². The quantitative estimate of drug-likeness (QED) is 0.775. The number of ether oxygens (including phenoxy) is 2. The molecule has 2 rings (SSSR count). The first-order valence-corrected chi connectivity index (χ1v) is 6.92. The van der Waals surface area contributed by atoms with Gasteiger partial charge in [0, 0.05) is 5.56 Å². The lowest BCUT2D eigenvalue weighted by Gasteiger charge is -2.13. The largest absolute Gasteiger partial charge is 0.496 e. The summed E-state index contributed by atoms with van der Waals surface area (Å²) in [4.78, 5) is 11.0. The molecule has 0 aliphatic rings. The van der Waals surface area contributed by atoms with E-state index in [1.54, 1.807) is 43.5 Å². The van der Waals surface area contributed by atoms with Gasteiger partial charge in [-0.2, -0.15) is 5.26 Å². The average molecular weight is 346 g/mol. The predicted octanol–water partition coefficient (Wildman–Crippen LogP) is 3.72. The summed E-state index contributed by atoms with van der Waals surface area (Å²) in [7, 11) is 1.56. The number of hydrogen-bond donors (Lipinski definition) is 0. The third-order valence-electron chi connectivity index (χ3n) is 2.91. The Balaban J connectivity index is 2.28. The fourth-order valence-electron chi connectivity index (χ4n) is 1.88. The molecule has 4 nitrogen and oxygen atoms in total. The molecule has 0 bridgehead atoms. The first-order valence-electron chi connectivity index (χ1n) is 6.13. The zero-order valence-corrected chi connectivity index (χ0v) is 12.9. The number of carbonyl (C=O) groups is 1. The van der Waals surface area contributed by atoms with E-state index < -0.39 is 0 Å². The van der Waals surface area contributed by atoms with Gasteiger partial charge >= 0.3 is 0 Å². The van der Waals surface area contributed by atoms with Crippen molar-refractivity contribution in [3.63, 3.8) is 0 Å². The van der Waals surface area contributed by atoms with E-state index >= 15 is 0 Å². The summed E-state index contributed by atoms with van der Waals surface area (Å²) in [5, 5.41) is 8.95. The van der Waals surface area contributed by atoms with Gasteiger partial charge in [-0.3, -0.25) is 4.79 Å². The minimum Gasteiger partial charge on any atom is -0.496 e. The average Bonchev–Trinajstić information content (AvgIpc) is 2.53. The molecule has 0 saturated heterocycles. The molecule has 0 spiro atoms. The van der Waals surface area contributed by atoms with E-state index in [0.29, 0.717) is 27.1 Å². The predicted molar refractivity (Wildman–Crippen MR) is 81.6 cm³/mol. The normalized spacial score (nSPS) is 9.76. The van der Waals surface area contributed by atoms with Crippen LogP contribution < -0.4 is 9.47 Å². The third kappa shape index (κ3) is 3.41. The maximum Gasteiger partial charge on any atom is 0.153 e. The number of carbonyl (C=O) groups excluding carboxylic acids is 1. The zero-order valence-electron chi connectivity index (χ0n) is 11.3. The van der Waals surface area contributed by atoms with E-state index in [4.69, 9.17) is 14.7 Å². The molecule has 0 N–H and O–H groups in total. The summed E-state index contributed by atoms with van der Waals surface area (Å²) >= 11 is 3.36. The van der Waals surface area contributed by atoms with Crippen molar-refractivity contribution in [3.05, 3.63) is 57.6 Å². The fraction of sp³-hybridized carbons (Fsp3) is 0.125. The molecule has 21 heavy (non-hydrogen) atoms. The number of aldehydes is 1. The monoisotopic (exact) mass is 345 g/mol. The van der Waals surface area contributed by atoms with Crippen molar-refractivity contribution in [3.8, 4) is 17.6 Å². The van der Waals surface area contributed by atoms with Crippen LogP contribution in [0, 0.1) is 11.3 Å². The van der Waals surface area contributed by atoms with Gasteiger partial charge in [-0.05, 0) is 46.3 Å². The number of nitrogens with zero attached hydrogens (tertiary/aromatic N) is 1. The second-order valence-corrected chi connectivity index (χ2v) is 5.06. The van der Waals surface area contributed by atoms with Crippen LogP contribution in [-0.2, 0) is 6.61 Å². The number of nitriles is 1. The summed E-state index contributed by atoms with van der Waals surface area (Å²) in [5.74, 6) is 1.10. The first-order chi connectivity index (χ1) is 10.2. The van der Waals surface area contributed by atoms with E-state index in [1.807, 2.05) is 0 Å². The summed E-state index contributed by atoms with van der Waals surface area (Å²) in [6.07, 6.45) is 0.739. The molecule has 5 heteroatoms. The van der Waals surface area contributed by atoms with Crippen LogP contribution in [0.5, 0.6) is 11.5 Å². The Morgan fingerprint density at radius 1 is 1.33 bits per heavy atom. The van der Waals surface area contributed by atoms with Crippen LogP contribution in [0.15, 0.2) is 40.9 Å². The molecule has 2 aromatic rings. The molecule has 0 aliphatic carbocycles. The standard InChI is InChI=1S/C16H12BrNO3/c1-20-15-6-5-11(8-18)7-13(15)10-21-16-12(9-19)3-2-4-14(16)17/h2-7,9H,10H2,1H3. The van der Waals surface area contributed by atoms with Gasteiger partial charge in [0.25, 0.3) is 0 Å². The van der Waals surface area contributed by atoms with Crippen molar-refractivity contribution in [2.24, 2.45) is 0 Å². The van der Waals surface area contributed by atoms with Crippen LogP contribution in [0.3, 0.4) is 0 Å². The lowest BCUT2D eigenvalue weighted by atomic mass is 10.1. The van der Waals surface area contributed by atoms with Crippen LogP contribution >= 0.6 is 15.9 Å². The van der Waals surface area contributed by atoms with E-state index in [0.717, 1.165) is 11.8 Å². The van der Waals surface area contributed by atoms with Gasteiger partial charge in [-0.1, -0.05) is 6.07 Å². The molecule has 0 aromatic heterocycles. The topological polar surface area (TPSA) is 59.3 Å². The molecule has 0 saturated carbocycles. The van der Waals surface area contributed by atoms with Crippen LogP contribution in [-0.4, -0.2) is 13.4 Å². The number of halogens is 1. The Morgan fingerprint density at radius 2 is 2.14 bits per heavy atom. The van der Waals surface area contributed by atoms with Gasteiger partial charge < -0.3 is 9.47 Å². The molecule has 0 aliphatic heterocycles. The van der Waals surface area contributed by atoms with E-state index in [1.165, 1.54) is 0 Å². The second-order valence-electron chi connectivity index (χ2n) is 4.20. The van der Waals surface area contributed by atoms with Crippen molar-refractivity contribution in [2.45, 2.75) is 6.61 Å². The van der Waals surface area contributed by atoms with Gasteiger partial charge in [0.05, 0.1) is 28.8 Å². The molecule has 0 amide bonds. The Bertz CT molecular complexity index is 707.